The molecule has 118 heavy (non-hydrogen) atoms. The third kappa shape index (κ3) is 25.1. The van der Waals surface area contributed by atoms with Crippen LogP contribution in [0.25, 0.3) is 11.1 Å². The Morgan fingerprint density at radius 2 is 0.983 bits per heavy atom. The maximum atomic E-state index is 14.2. The number of hydrogen-bond acceptors (Lipinski definition) is 24. The molecule has 0 bridgehead atoms. The first kappa shape index (κ1) is 87.4. The Morgan fingerprint density at radius 3 is 1.50 bits per heavy atom. The van der Waals surface area contributed by atoms with Crippen LogP contribution in [-0.4, -0.2) is 252 Å². The van der Waals surface area contributed by atoms with Crippen LogP contribution in [0.2, 0.25) is 0 Å². The zero-order valence-electron chi connectivity index (χ0n) is 67.1. The lowest BCUT2D eigenvalue weighted by atomic mass is 10.0. The fourth-order valence-corrected chi connectivity index (χ4v) is 13.2. The van der Waals surface area contributed by atoms with Crippen molar-refractivity contribution in [1.82, 2.24) is 30.7 Å². The van der Waals surface area contributed by atoms with Gasteiger partial charge in [0.2, 0.25) is 36.3 Å². The van der Waals surface area contributed by atoms with E-state index in [1.807, 2.05) is 91.3 Å². The maximum absolute atomic E-state index is 14.2. The number of imide groups is 1. The summed E-state index contributed by atoms with van der Waals surface area (Å²) in [6.45, 7) is 11.5. The van der Waals surface area contributed by atoms with Gasteiger partial charge >= 0.3 is 0 Å². The van der Waals surface area contributed by atoms with Gasteiger partial charge in [-0.05, 0) is 77.1 Å². The third-order valence-electron chi connectivity index (χ3n) is 19.5. The van der Waals surface area contributed by atoms with Crippen LogP contribution in [0.5, 0.6) is 34.5 Å². The highest BCUT2D eigenvalue weighted by Gasteiger charge is 2.38. The van der Waals surface area contributed by atoms with Crippen LogP contribution < -0.4 is 49.7 Å². The zero-order chi connectivity index (χ0) is 83.0. The van der Waals surface area contributed by atoms with Gasteiger partial charge in [-0.3, -0.25) is 53.2 Å². The standard InChI is InChI=1S/C87H103N9O22/c1-58(2)82(93-80(98)24-29-107-31-33-109-35-37-111-39-41-113-43-44-114-42-40-112-38-36-110-34-32-108-30-25-88-79(97)23-26-94-81(99)50-68(85(94)102)61-15-12-10-8-6-7-9-11-13-16-61)84(101)91-59(3)83(100)92-65-20-17-60(18-21-65)63-45-66-53-89-71-51-77(74(105-4)48-69(71)86(103)95(66)55-63)115-27-14-28-116-78-52-72-70(49-75(78)106-5)87(104)96-56-64(46-67(96)54-90-72)62-19-22-73-76(47-62)118-57-117-73/h6-13,15-22,47-49,51-56,58-59,66-67,82H,14,23-46,50,57H2,1-5H3,(H,88,97)(H,91,101)(H,92,100)(H,93,98)/b7-6-,10-8-,11-9-,15-12-,16-13?,68-61?/t59-,66-,67-,82?/m0/s1. The zero-order valence-corrected chi connectivity index (χ0v) is 67.1. The van der Waals surface area contributed by atoms with Gasteiger partial charge in [0.1, 0.15) is 12.1 Å². The van der Waals surface area contributed by atoms with Crippen molar-refractivity contribution in [2.75, 3.05) is 158 Å². The number of ether oxygens (including phenoxy) is 14. The minimum absolute atomic E-state index is 0.00428. The van der Waals surface area contributed by atoms with Gasteiger partial charge < -0.3 is 97.4 Å². The summed E-state index contributed by atoms with van der Waals surface area (Å²) < 4.78 is 79.2. The number of amides is 8. The molecule has 31 heteroatoms. The smallest absolute Gasteiger partial charge is 0.260 e. The molecule has 1 fully saturated rings. The van der Waals surface area contributed by atoms with Gasteiger partial charge in [0.15, 0.2) is 34.5 Å². The number of carbonyl (C=O) groups is 8. The van der Waals surface area contributed by atoms with Crippen molar-refractivity contribution in [3.63, 3.8) is 0 Å². The highest BCUT2D eigenvalue weighted by atomic mass is 16.7. The summed E-state index contributed by atoms with van der Waals surface area (Å²) in [5, 5.41) is 11.1. The minimum atomic E-state index is -0.949. The number of benzene rings is 4. The van der Waals surface area contributed by atoms with E-state index in [0.29, 0.717) is 179 Å². The van der Waals surface area contributed by atoms with E-state index < -0.39 is 23.9 Å². The molecule has 628 valence electrons. The largest absolute Gasteiger partial charge is 0.493 e. The van der Waals surface area contributed by atoms with Crippen LogP contribution >= 0.6 is 0 Å². The lowest BCUT2D eigenvalue weighted by molar-refractivity contribution is -0.138. The summed E-state index contributed by atoms with van der Waals surface area (Å²) in [6, 6.07) is 17.1. The Bertz CT molecular complexity index is 4500. The highest BCUT2D eigenvalue weighted by Crippen LogP contribution is 2.44. The third-order valence-corrected chi connectivity index (χ3v) is 19.5. The number of allylic oxidation sites excluding steroid dienone is 11. The fraction of sp³-hybridized carbons (Fsp3) is 0.425. The van der Waals surface area contributed by atoms with E-state index in [9.17, 15) is 38.4 Å². The summed E-state index contributed by atoms with van der Waals surface area (Å²) in [5.74, 6) is -0.199. The number of anilines is 1. The number of carbonyl (C=O) groups excluding carboxylic acids is 8. The van der Waals surface area contributed by atoms with Gasteiger partial charge in [0, 0.05) is 93.4 Å². The van der Waals surface area contributed by atoms with E-state index in [1.165, 1.54) is 14.2 Å². The first-order chi connectivity index (χ1) is 57.5. The second-order valence-electron chi connectivity index (χ2n) is 28.2. The molecule has 6 heterocycles. The first-order valence-electron chi connectivity index (χ1n) is 39.6. The molecule has 1 aliphatic carbocycles. The van der Waals surface area contributed by atoms with Crippen LogP contribution in [0.4, 0.5) is 17.1 Å². The van der Waals surface area contributed by atoms with E-state index in [0.717, 1.165) is 27.2 Å². The normalized spacial score (nSPS) is 18.6. The van der Waals surface area contributed by atoms with Crippen LogP contribution in [-0.2, 0) is 66.7 Å². The predicted molar refractivity (Wildman–Crippen MR) is 438 cm³/mol. The van der Waals surface area contributed by atoms with Crippen molar-refractivity contribution in [3.8, 4) is 34.5 Å². The van der Waals surface area contributed by atoms with Crippen LogP contribution in [0, 0.1) is 5.92 Å². The number of rotatable bonds is 46. The van der Waals surface area contributed by atoms with E-state index in [4.69, 9.17) is 76.3 Å². The van der Waals surface area contributed by atoms with Crippen molar-refractivity contribution in [2.45, 2.75) is 83.5 Å². The van der Waals surface area contributed by atoms with Crippen molar-refractivity contribution in [2.24, 2.45) is 15.9 Å². The Morgan fingerprint density at radius 1 is 0.500 bits per heavy atom. The Hall–Kier alpha value is -11.4. The molecule has 6 aliphatic heterocycles. The maximum Gasteiger partial charge on any atom is 0.260 e. The number of hydrogen-bond donors (Lipinski definition) is 4. The summed E-state index contributed by atoms with van der Waals surface area (Å²) in [6.07, 6.45) is 27.1. The van der Waals surface area contributed by atoms with Crippen molar-refractivity contribution in [1.29, 1.82) is 0 Å². The van der Waals surface area contributed by atoms with Crippen LogP contribution in [0.15, 0.2) is 161 Å². The van der Waals surface area contributed by atoms with E-state index in [2.05, 4.69) is 21.3 Å². The quantitative estimate of drug-likeness (QED) is 0.0182. The van der Waals surface area contributed by atoms with Gasteiger partial charge in [0.25, 0.3) is 17.7 Å². The highest BCUT2D eigenvalue weighted by molar-refractivity contribution is 6.14. The second kappa shape index (κ2) is 45.3. The molecule has 0 radical (unpaired) electrons. The Balaban J connectivity index is 0.479. The molecule has 0 aromatic heterocycles. The topological polar surface area (TPSA) is 348 Å². The summed E-state index contributed by atoms with van der Waals surface area (Å²) in [4.78, 5) is 120. The number of aliphatic imine (C=N–C) groups is 2. The Kier molecular flexibility index (Phi) is 33.6. The molecule has 4 atom stereocenters. The first-order valence-corrected chi connectivity index (χ1v) is 39.6. The minimum Gasteiger partial charge on any atom is -0.493 e. The van der Waals surface area contributed by atoms with E-state index in [1.54, 1.807) is 91.6 Å². The number of nitrogens with one attached hydrogen (secondary N) is 4. The van der Waals surface area contributed by atoms with Gasteiger partial charge in [-0.1, -0.05) is 92.8 Å². The molecule has 0 spiro atoms. The van der Waals surface area contributed by atoms with Gasteiger partial charge in [-0.15, -0.1) is 0 Å². The summed E-state index contributed by atoms with van der Waals surface area (Å²) in [5.41, 5.74) is 6.80. The average molecular weight is 1630 g/mol. The molecule has 1 saturated heterocycles. The predicted octanol–water partition coefficient (Wildman–Crippen LogP) is 8.69. The van der Waals surface area contributed by atoms with Crippen molar-refractivity contribution < 1.29 is 105 Å². The van der Waals surface area contributed by atoms with E-state index >= 15 is 0 Å². The van der Waals surface area contributed by atoms with Gasteiger partial charge in [-0.25, -0.2) is 0 Å². The summed E-state index contributed by atoms with van der Waals surface area (Å²) in [7, 11) is 3.02. The summed E-state index contributed by atoms with van der Waals surface area (Å²) >= 11 is 0. The average Bonchev–Trinajstić information content (AvgIpc) is 1.60. The molecule has 8 amide bonds. The number of fused-ring (bicyclic) bond motifs is 5. The molecule has 4 aromatic rings. The molecular formula is C87H103N9O22. The molecule has 7 aliphatic rings. The number of likely N-dealkylation sites (tertiary alicyclic amines) is 1. The van der Waals surface area contributed by atoms with Crippen molar-refractivity contribution >= 4 is 87.9 Å². The monoisotopic (exact) mass is 1630 g/mol. The lowest BCUT2D eigenvalue weighted by Crippen LogP contribution is -2.53. The molecule has 31 nitrogen and oxygen atoms in total. The van der Waals surface area contributed by atoms with Gasteiger partial charge in [0.05, 0.1) is 174 Å². The number of nitrogens with zero attached hydrogens (tertiary/aromatic N) is 5. The SMILES string of the molecule is COc1cc2c(cc1OCCCOc1cc3c(cc1OC)C(=O)N1C=C(c4ccc5c(c4)OCO5)C[C@H]1C=N3)N=C[C@@H]1CC(c3ccc(NC(=O)[C@H](C)NC(=O)C(NC(=O)CCOCCOCCOCCOCCOCCOCCOCCOCCNC(=O)CCN4C(=O)CC(=C5C=C\C=C/C=C\C=C/C=C\5)C4=O)C(C)C)cc3)=CN1C2=O. The Labute approximate surface area is 685 Å². The fourth-order valence-electron chi connectivity index (χ4n) is 13.2. The number of methoxy groups -OCH3 is 2. The molecule has 4 N–H and O–H groups in total. The van der Waals surface area contributed by atoms with Crippen LogP contribution in [0.3, 0.4) is 0 Å². The molecular weight excluding hydrogens is 1520 g/mol. The second-order valence-corrected chi connectivity index (χ2v) is 28.2. The lowest BCUT2D eigenvalue weighted by Gasteiger charge is -2.24. The van der Waals surface area contributed by atoms with E-state index in [-0.39, 0.29) is 126 Å². The van der Waals surface area contributed by atoms with Crippen molar-refractivity contribution in [3.05, 3.63) is 173 Å². The van der Waals surface area contributed by atoms with Crippen LogP contribution in [0.1, 0.15) is 91.1 Å². The molecule has 1 unspecified atom stereocenters. The molecule has 11 rings (SSSR count). The molecule has 4 aromatic carbocycles. The molecule has 0 saturated carbocycles. The van der Waals surface area contributed by atoms with Gasteiger partial charge in [-0.2, -0.15) is 0 Å².